The number of rotatable bonds is 5. The van der Waals surface area contributed by atoms with E-state index in [2.05, 4.69) is 167 Å². The van der Waals surface area contributed by atoms with E-state index >= 15 is 0 Å². The molecule has 0 saturated carbocycles. The van der Waals surface area contributed by atoms with Gasteiger partial charge in [0, 0.05) is 49.1 Å². The van der Waals surface area contributed by atoms with Crippen molar-refractivity contribution in [3.63, 3.8) is 0 Å². The average Bonchev–Trinajstić information content (AvgIpc) is 3.72. The molecule has 3 aromatic heterocycles. The van der Waals surface area contributed by atoms with E-state index in [-0.39, 0.29) is 0 Å². The van der Waals surface area contributed by atoms with Crippen molar-refractivity contribution in [2.24, 2.45) is 0 Å². The van der Waals surface area contributed by atoms with Crippen LogP contribution in [0.1, 0.15) is 0 Å². The molecule has 0 unspecified atom stereocenters. The molecule has 0 atom stereocenters. The largest absolute Gasteiger partial charge is 0.307 e. The van der Waals surface area contributed by atoms with Gasteiger partial charge in [-0.3, -0.25) is 0 Å². The Hall–Kier alpha value is -6.42. The minimum Gasteiger partial charge on any atom is -0.307 e. The summed E-state index contributed by atoms with van der Waals surface area (Å²) in [5.41, 5.74) is 13.1. The van der Waals surface area contributed by atoms with E-state index in [1.165, 1.54) is 38.1 Å². The van der Waals surface area contributed by atoms with Crippen molar-refractivity contribution in [2.75, 3.05) is 0 Å². The van der Waals surface area contributed by atoms with Crippen LogP contribution < -0.4 is 0 Å². The van der Waals surface area contributed by atoms with Crippen molar-refractivity contribution in [3.8, 4) is 45.0 Å². The lowest BCUT2D eigenvalue weighted by molar-refractivity contribution is 1.15. The Morgan fingerprint density at radius 1 is 0.353 bits per heavy atom. The summed E-state index contributed by atoms with van der Waals surface area (Å²) in [5.74, 6) is 0. The Morgan fingerprint density at radius 3 is 1.51 bits per heavy atom. The highest BCUT2D eigenvalue weighted by atomic mass is 35.5. The molecule has 0 radical (unpaired) electrons. The molecule has 0 aliphatic carbocycles. The topological polar surface area (TPSA) is 22.8 Å². The molecule has 0 spiro atoms. The summed E-state index contributed by atoms with van der Waals surface area (Å²) in [7, 11) is 0. The van der Waals surface area contributed by atoms with E-state index in [1.807, 2.05) is 24.3 Å². The predicted molar refractivity (Wildman–Crippen MR) is 214 cm³/mol. The van der Waals surface area contributed by atoms with E-state index in [4.69, 9.17) is 16.6 Å². The third-order valence-electron chi connectivity index (χ3n) is 9.96. The molecule has 51 heavy (non-hydrogen) atoms. The first-order valence-corrected chi connectivity index (χ1v) is 17.5. The van der Waals surface area contributed by atoms with Crippen LogP contribution in [0.5, 0.6) is 0 Å². The van der Waals surface area contributed by atoms with Gasteiger partial charge in [-0.15, -0.1) is 0 Å². The van der Waals surface area contributed by atoms with Crippen molar-refractivity contribution in [2.45, 2.75) is 0 Å². The minimum atomic E-state index is 0.706. The number of para-hydroxylation sites is 3. The van der Waals surface area contributed by atoms with Crippen molar-refractivity contribution < 1.29 is 0 Å². The van der Waals surface area contributed by atoms with E-state index in [1.54, 1.807) is 0 Å². The third-order valence-corrected chi connectivity index (χ3v) is 10.2. The number of pyridine rings is 1. The molecule has 3 nitrogen and oxygen atoms in total. The fraction of sp³-hybridized carbons (Fsp3) is 0. The number of aromatic nitrogens is 3. The second-order valence-electron chi connectivity index (χ2n) is 12.9. The lowest BCUT2D eigenvalue weighted by Crippen LogP contribution is -1.99. The van der Waals surface area contributed by atoms with E-state index in [0.29, 0.717) is 5.02 Å². The Kier molecular flexibility index (Phi) is 6.87. The number of hydrogen-bond acceptors (Lipinski definition) is 1. The summed E-state index contributed by atoms with van der Waals surface area (Å²) in [4.78, 5) is 5.25. The van der Waals surface area contributed by atoms with E-state index in [9.17, 15) is 0 Å². The molecule has 0 aliphatic rings. The molecule has 7 aromatic carbocycles. The van der Waals surface area contributed by atoms with E-state index < -0.39 is 0 Å². The van der Waals surface area contributed by atoms with Crippen molar-refractivity contribution in [1.29, 1.82) is 0 Å². The van der Waals surface area contributed by atoms with Gasteiger partial charge in [0.1, 0.15) is 0 Å². The zero-order valence-electron chi connectivity index (χ0n) is 27.5. The normalized spacial score (nSPS) is 11.6. The van der Waals surface area contributed by atoms with Gasteiger partial charge in [0.15, 0.2) is 0 Å². The number of halogens is 1. The van der Waals surface area contributed by atoms with Crippen LogP contribution in [0, 0.1) is 0 Å². The van der Waals surface area contributed by atoms with Crippen molar-refractivity contribution in [3.05, 3.63) is 187 Å². The Balaban J connectivity index is 1.26. The first kappa shape index (κ1) is 29.5. The van der Waals surface area contributed by atoms with Crippen LogP contribution in [0.15, 0.2) is 182 Å². The highest BCUT2D eigenvalue weighted by Crippen LogP contribution is 2.42. The molecule has 4 heteroatoms. The molecule has 3 heterocycles. The van der Waals surface area contributed by atoms with Crippen molar-refractivity contribution >= 4 is 55.2 Å². The maximum atomic E-state index is 6.28. The minimum absolute atomic E-state index is 0.706. The Bertz CT molecular complexity index is 2900. The monoisotopic (exact) mass is 671 g/mol. The molecule has 10 rings (SSSR count). The van der Waals surface area contributed by atoms with Crippen LogP contribution in [0.2, 0.25) is 5.02 Å². The smallest absolute Gasteiger partial charge is 0.0788 e. The SMILES string of the molecule is Clc1ccc(-c2cc(-c3ccccc3)cc(-c3cccc(-n4c5ccccc5c5ccc6c7ccccc7n(-c7ccccc7)c6c54)c3)n2)cc1. The summed E-state index contributed by atoms with van der Waals surface area (Å²) in [6.45, 7) is 0. The summed E-state index contributed by atoms with van der Waals surface area (Å²) in [6, 6.07) is 64.4. The van der Waals surface area contributed by atoms with Gasteiger partial charge < -0.3 is 9.13 Å². The summed E-state index contributed by atoms with van der Waals surface area (Å²) in [6.07, 6.45) is 0. The highest BCUT2D eigenvalue weighted by molar-refractivity contribution is 6.30. The maximum absolute atomic E-state index is 6.28. The molecule has 0 amide bonds. The Morgan fingerprint density at radius 2 is 0.863 bits per heavy atom. The lowest BCUT2D eigenvalue weighted by Gasteiger charge is -2.14. The van der Waals surface area contributed by atoms with Crippen LogP contribution in [0.25, 0.3) is 88.6 Å². The van der Waals surface area contributed by atoms with Gasteiger partial charge >= 0.3 is 0 Å². The lowest BCUT2D eigenvalue weighted by atomic mass is 10.00. The second-order valence-corrected chi connectivity index (χ2v) is 13.4. The molecule has 240 valence electrons. The van der Waals surface area contributed by atoms with Crippen LogP contribution >= 0.6 is 11.6 Å². The predicted octanol–water partition coefficient (Wildman–Crippen LogP) is 12.9. The summed E-state index contributed by atoms with van der Waals surface area (Å²) >= 11 is 6.28. The van der Waals surface area contributed by atoms with Gasteiger partial charge in [-0.25, -0.2) is 4.98 Å². The molecular formula is C47H30ClN3. The molecule has 0 N–H and O–H groups in total. The molecule has 0 fully saturated rings. The summed E-state index contributed by atoms with van der Waals surface area (Å²) < 4.78 is 4.87. The molecule has 0 bridgehead atoms. The average molecular weight is 672 g/mol. The number of hydrogen-bond donors (Lipinski definition) is 0. The second kappa shape index (κ2) is 11.9. The van der Waals surface area contributed by atoms with Gasteiger partial charge in [0.25, 0.3) is 0 Å². The van der Waals surface area contributed by atoms with Gasteiger partial charge in [0.05, 0.1) is 33.5 Å². The van der Waals surface area contributed by atoms with Crippen LogP contribution in [0.4, 0.5) is 0 Å². The quantitative estimate of drug-likeness (QED) is 0.178. The van der Waals surface area contributed by atoms with Gasteiger partial charge in [-0.1, -0.05) is 133 Å². The van der Waals surface area contributed by atoms with Crippen molar-refractivity contribution in [1.82, 2.24) is 14.1 Å². The maximum Gasteiger partial charge on any atom is 0.0788 e. The highest BCUT2D eigenvalue weighted by Gasteiger charge is 2.21. The first-order valence-electron chi connectivity index (χ1n) is 17.2. The third kappa shape index (κ3) is 4.85. The molecular weight excluding hydrogens is 642 g/mol. The van der Waals surface area contributed by atoms with Crippen LogP contribution in [-0.2, 0) is 0 Å². The Labute approximate surface area is 300 Å². The molecule has 0 saturated heterocycles. The van der Waals surface area contributed by atoms with E-state index in [0.717, 1.165) is 50.5 Å². The number of nitrogens with zero attached hydrogens (tertiary/aromatic N) is 3. The zero-order chi connectivity index (χ0) is 33.9. The van der Waals surface area contributed by atoms with Gasteiger partial charge in [-0.2, -0.15) is 0 Å². The standard InChI is InChI=1S/C47H30ClN3/c48-35-24-22-32(23-25-35)42-29-34(31-12-3-1-4-13-31)30-43(49-42)33-14-11-17-37(28-33)51-45-21-10-8-19-39(45)41-27-26-40-38-18-7-9-20-44(38)50(46(40)47(41)51)36-15-5-2-6-16-36/h1-30H. The van der Waals surface area contributed by atoms with Gasteiger partial charge in [-0.05, 0) is 71.8 Å². The van der Waals surface area contributed by atoms with Crippen LogP contribution in [0.3, 0.4) is 0 Å². The van der Waals surface area contributed by atoms with Crippen LogP contribution in [-0.4, -0.2) is 14.1 Å². The fourth-order valence-corrected chi connectivity index (χ4v) is 7.79. The van der Waals surface area contributed by atoms with Gasteiger partial charge in [0.2, 0.25) is 0 Å². The molecule has 0 aliphatic heterocycles. The fourth-order valence-electron chi connectivity index (χ4n) is 7.66. The summed E-state index contributed by atoms with van der Waals surface area (Å²) in [5, 5.41) is 5.61. The number of benzene rings is 7. The zero-order valence-corrected chi connectivity index (χ0v) is 28.3. The first-order chi connectivity index (χ1) is 25.2. The molecule has 10 aromatic rings. The number of fused-ring (bicyclic) bond motifs is 7.